The van der Waals surface area contributed by atoms with Gasteiger partial charge in [0, 0.05) is 13.1 Å². The first kappa shape index (κ1) is 27.3. The topological polar surface area (TPSA) is 86.8 Å². The smallest absolute Gasteiger partial charge is 0.244 e. The molecular weight excluding hydrogens is 457 g/mol. The number of hydrogen-bond acceptors (Lipinski definition) is 4. The molecule has 2 aromatic rings. The molecule has 0 heterocycles. The molecular formula is C25H34FN3O4S. The van der Waals surface area contributed by atoms with Gasteiger partial charge in [-0.05, 0) is 49.6 Å². The Morgan fingerprint density at radius 3 is 2.18 bits per heavy atom. The number of aryl methyl sites for hydroxylation is 1. The minimum atomic E-state index is -3.85. The summed E-state index contributed by atoms with van der Waals surface area (Å²) in [5.41, 5.74) is 2.06. The summed E-state index contributed by atoms with van der Waals surface area (Å²) in [7, 11) is -3.85. The normalized spacial score (nSPS) is 12.1. The van der Waals surface area contributed by atoms with Crippen molar-refractivity contribution in [1.29, 1.82) is 0 Å². The first-order valence-electron chi connectivity index (χ1n) is 11.4. The molecule has 34 heavy (non-hydrogen) atoms. The van der Waals surface area contributed by atoms with E-state index in [-0.39, 0.29) is 18.1 Å². The van der Waals surface area contributed by atoms with Crippen LogP contribution >= 0.6 is 0 Å². The van der Waals surface area contributed by atoms with Gasteiger partial charge in [0.05, 0.1) is 11.9 Å². The molecule has 0 saturated heterocycles. The Hall–Kier alpha value is -2.94. The maximum atomic E-state index is 13.5. The molecule has 1 atom stereocenters. The fourth-order valence-corrected chi connectivity index (χ4v) is 4.39. The number of nitrogens with one attached hydrogen (secondary N) is 1. The summed E-state index contributed by atoms with van der Waals surface area (Å²) in [6, 6.07) is 11.7. The van der Waals surface area contributed by atoms with Crippen molar-refractivity contribution in [3.63, 3.8) is 0 Å². The van der Waals surface area contributed by atoms with E-state index in [0.29, 0.717) is 13.0 Å². The van der Waals surface area contributed by atoms with Gasteiger partial charge in [-0.1, -0.05) is 50.1 Å². The van der Waals surface area contributed by atoms with Gasteiger partial charge in [-0.2, -0.15) is 0 Å². The first-order chi connectivity index (χ1) is 16.1. The zero-order valence-electron chi connectivity index (χ0n) is 20.3. The number of carbonyl (C=O) groups is 2. The number of carbonyl (C=O) groups excluding carboxylic acids is 2. The van der Waals surface area contributed by atoms with E-state index in [9.17, 15) is 22.4 Å². The Labute approximate surface area is 202 Å². The van der Waals surface area contributed by atoms with Crippen LogP contribution in [0.25, 0.3) is 0 Å². The average Bonchev–Trinajstić information content (AvgIpc) is 2.78. The third-order valence-electron chi connectivity index (χ3n) is 5.48. The van der Waals surface area contributed by atoms with Gasteiger partial charge in [0.25, 0.3) is 0 Å². The van der Waals surface area contributed by atoms with Gasteiger partial charge in [0.15, 0.2) is 0 Å². The van der Waals surface area contributed by atoms with Gasteiger partial charge < -0.3 is 10.2 Å². The SMILES string of the molecule is CCCCNC(=O)C(CC)N(Cc1ccc(C)cc1)C(=O)CN(c1ccc(F)cc1)S(C)(=O)=O. The number of hydrogen-bond donors (Lipinski definition) is 1. The summed E-state index contributed by atoms with van der Waals surface area (Å²) in [4.78, 5) is 27.9. The Bertz CT molecular complexity index is 1060. The molecule has 186 valence electrons. The highest BCUT2D eigenvalue weighted by molar-refractivity contribution is 7.92. The molecule has 0 spiro atoms. The third-order valence-corrected chi connectivity index (χ3v) is 6.62. The first-order valence-corrected chi connectivity index (χ1v) is 13.3. The highest BCUT2D eigenvalue weighted by Gasteiger charge is 2.31. The van der Waals surface area contributed by atoms with Gasteiger partial charge in [-0.25, -0.2) is 12.8 Å². The summed E-state index contributed by atoms with van der Waals surface area (Å²) in [5.74, 6) is -1.31. The van der Waals surface area contributed by atoms with Crippen LogP contribution in [0.15, 0.2) is 48.5 Å². The van der Waals surface area contributed by atoms with Crippen LogP contribution in [0.2, 0.25) is 0 Å². The van der Waals surface area contributed by atoms with E-state index in [4.69, 9.17) is 0 Å². The zero-order valence-corrected chi connectivity index (χ0v) is 21.1. The average molecular weight is 492 g/mol. The molecule has 2 rings (SSSR count). The predicted molar refractivity (Wildman–Crippen MR) is 132 cm³/mol. The number of halogens is 1. The number of amides is 2. The van der Waals surface area contributed by atoms with Gasteiger partial charge in [0.1, 0.15) is 18.4 Å². The van der Waals surface area contributed by atoms with E-state index in [0.717, 1.165) is 46.7 Å². The van der Waals surface area contributed by atoms with Crippen LogP contribution in [-0.4, -0.2) is 50.5 Å². The molecule has 1 unspecified atom stereocenters. The van der Waals surface area contributed by atoms with Gasteiger partial charge in [-0.3, -0.25) is 13.9 Å². The van der Waals surface area contributed by atoms with Gasteiger partial charge >= 0.3 is 0 Å². The maximum absolute atomic E-state index is 13.5. The lowest BCUT2D eigenvalue weighted by Crippen LogP contribution is -2.52. The van der Waals surface area contributed by atoms with Crippen molar-refractivity contribution < 1.29 is 22.4 Å². The van der Waals surface area contributed by atoms with E-state index < -0.39 is 34.3 Å². The molecule has 2 aromatic carbocycles. The van der Waals surface area contributed by atoms with E-state index in [2.05, 4.69) is 5.32 Å². The summed E-state index contributed by atoms with van der Waals surface area (Å²) < 4.78 is 39.3. The second kappa shape index (κ2) is 12.5. The number of anilines is 1. The molecule has 1 N–H and O–H groups in total. The Morgan fingerprint density at radius 1 is 1.03 bits per heavy atom. The summed E-state index contributed by atoms with van der Waals surface area (Å²) in [5, 5.41) is 2.88. The van der Waals surface area contributed by atoms with Crippen LogP contribution in [0.1, 0.15) is 44.2 Å². The van der Waals surface area contributed by atoms with Crippen molar-refractivity contribution in [2.45, 2.75) is 52.6 Å². The van der Waals surface area contributed by atoms with Gasteiger partial charge in [0.2, 0.25) is 21.8 Å². The minimum Gasteiger partial charge on any atom is -0.354 e. The molecule has 9 heteroatoms. The Balaban J connectivity index is 2.37. The molecule has 0 aromatic heterocycles. The monoisotopic (exact) mass is 491 g/mol. The van der Waals surface area contributed by atoms with Crippen LogP contribution in [-0.2, 0) is 26.2 Å². The minimum absolute atomic E-state index is 0.153. The highest BCUT2D eigenvalue weighted by Crippen LogP contribution is 2.20. The summed E-state index contributed by atoms with van der Waals surface area (Å²) in [6.45, 7) is 5.94. The van der Waals surface area contributed by atoms with E-state index in [1.54, 1.807) is 0 Å². The number of benzene rings is 2. The van der Waals surface area contributed by atoms with Gasteiger partial charge in [-0.15, -0.1) is 0 Å². The van der Waals surface area contributed by atoms with Crippen molar-refractivity contribution in [2.24, 2.45) is 0 Å². The molecule has 0 radical (unpaired) electrons. The van der Waals surface area contributed by atoms with Crippen LogP contribution in [0.5, 0.6) is 0 Å². The molecule has 0 aliphatic heterocycles. The van der Waals surface area contributed by atoms with Crippen molar-refractivity contribution in [1.82, 2.24) is 10.2 Å². The molecule has 7 nitrogen and oxygen atoms in total. The third kappa shape index (κ3) is 7.83. The van der Waals surface area contributed by atoms with Crippen LogP contribution in [0, 0.1) is 12.7 Å². The zero-order chi connectivity index (χ0) is 25.3. The molecule has 2 amide bonds. The quantitative estimate of drug-likeness (QED) is 0.460. The molecule has 0 bridgehead atoms. The predicted octanol–water partition coefficient (Wildman–Crippen LogP) is 3.62. The molecule has 0 aliphatic carbocycles. The fourth-order valence-electron chi connectivity index (χ4n) is 3.54. The largest absolute Gasteiger partial charge is 0.354 e. The van der Waals surface area contributed by atoms with Crippen molar-refractivity contribution in [2.75, 3.05) is 23.7 Å². The van der Waals surface area contributed by atoms with Crippen LogP contribution < -0.4 is 9.62 Å². The summed E-state index contributed by atoms with van der Waals surface area (Å²) in [6.07, 6.45) is 3.10. The number of sulfonamides is 1. The second-order valence-electron chi connectivity index (χ2n) is 8.32. The fraction of sp³-hybridized carbons (Fsp3) is 0.440. The maximum Gasteiger partial charge on any atom is 0.244 e. The van der Waals surface area contributed by atoms with E-state index in [1.165, 1.54) is 17.0 Å². The van der Waals surface area contributed by atoms with Crippen LogP contribution in [0.4, 0.5) is 10.1 Å². The highest BCUT2D eigenvalue weighted by atomic mass is 32.2. The van der Waals surface area contributed by atoms with Crippen LogP contribution in [0.3, 0.4) is 0 Å². The lowest BCUT2D eigenvalue weighted by Gasteiger charge is -2.33. The van der Waals surface area contributed by atoms with E-state index >= 15 is 0 Å². The summed E-state index contributed by atoms with van der Waals surface area (Å²) >= 11 is 0. The standard InChI is InChI=1S/C25H34FN3O4S/c1-5-7-16-27-25(31)23(6-2)28(17-20-10-8-19(3)9-11-20)24(30)18-29(34(4,32)33)22-14-12-21(26)13-15-22/h8-15,23H,5-7,16-18H2,1-4H3,(H,27,31). The van der Waals surface area contributed by atoms with Crippen molar-refractivity contribution in [3.05, 3.63) is 65.5 Å². The lowest BCUT2D eigenvalue weighted by molar-refractivity contribution is -0.140. The molecule has 0 aliphatic rings. The Kier molecular flexibility index (Phi) is 10.0. The van der Waals surface area contributed by atoms with Crippen molar-refractivity contribution >= 4 is 27.5 Å². The number of unbranched alkanes of at least 4 members (excludes halogenated alkanes) is 1. The number of rotatable bonds is 12. The van der Waals surface area contributed by atoms with E-state index in [1.807, 2.05) is 45.0 Å². The number of nitrogens with zero attached hydrogens (tertiary/aromatic N) is 2. The molecule has 0 fully saturated rings. The second-order valence-corrected chi connectivity index (χ2v) is 10.2. The Morgan fingerprint density at radius 2 is 1.65 bits per heavy atom. The lowest BCUT2D eigenvalue weighted by atomic mass is 10.1. The molecule has 0 saturated carbocycles. The van der Waals surface area contributed by atoms with Crippen molar-refractivity contribution in [3.8, 4) is 0 Å².